The molecule has 1 saturated carbocycles. The summed E-state index contributed by atoms with van der Waals surface area (Å²) in [5, 5.41) is 15.1. The van der Waals surface area contributed by atoms with E-state index < -0.39 is 34.2 Å². The molecule has 6 nitrogen and oxygen atoms in total. The first-order valence-corrected chi connectivity index (χ1v) is 13.7. The van der Waals surface area contributed by atoms with Gasteiger partial charge >= 0.3 is 0 Å². The summed E-state index contributed by atoms with van der Waals surface area (Å²) in [5.41, 5.74) is -1.67. The van der Waals surface area contributed by atoms with Crippen molar-refractivity contribution in [3.63, 3.8) is 0 Å². The molecule has 0 aromatic heterocycles. The zero-order valence-electron chi connectivity index (χ0n) is 22.7. The van der Waals surface area contributed by atoms with Crippen molar-refractivity contribution < 1.29 is 19.5 Å². The fourth-order valence-corrected chi connectivity index (χ4v) is 6.28. The van der Waals surface area contributed by atoms with Gasteiger partial charge in [-0.25, -0.2) is 0 Å². The summed E-state index contributed by atoms with van der Waals surface area (Å²) in [6.45, 7) is 12.4. The van der Waals surface area contributed by atoms with Crippen molar-refractivity contribution in [3.8, 4) is 0 Å². The number of piperidine rings is 1. The Hall–Kier alpha value is -1.92. The van der Waals surface area contributed by atoms with Crippen LogP contribution in [0.2, 0.25) is 5.02 Å². The zero-order chi connectivity index (χ0) is 26.9. The Morgan fingerprint density at radius 2 is 1.72 bits per heavy atom. The molecule has 2 amide bonds. The van der Waals surface area contributed by atoms with Crippen LogP contribution in [0.4, 0.5) is 0 Å². The minimum atomic E-state index is -1.12. The van der Waals surface area contributed by atoms with E-state index in [1.165, 1.54) is 0 Å². The second-order valence-corrected chi connectivity index (χ2v) is 12.8. The van der Waals surface area contributed by atoms with Crippen LogP contribution in [0.3, 0.4) is 0 Å². The van der Waals surface area contributed by atoms with E-state index in [1.54, 1.807) is 17.0 Å². The molecule has 1 saturated heterocycles. The molecule has 2 unspecified atom stereocenters. The minimum Gasteiger partial charge on any atom is -0.384 e. The van der Waals surface area contributed by atoms with Crippen molar-refractivity contribution in [3.05, 3.63) is 34.9 Å². The van der Waals surface area contributed by atoms with Crippen molar-refractivity contribution in [1.82, 2.24) is 10.2 Å². The summed E-state index contributed by atoms with van der Waals surface area (Å²) in [4.78, 5) is 41.8. The molecule has 0 spiro atoms. The highest BCUT2D eigenvalue weighted by atomic mass is 35.5. The van der Waals surface area contributed by atoms with E-state index >= 15 is 0 Å². The van der Waals surface area contributed by atoms with Crippen LogP contribution >= 0.6 is 11.6 Å². The molecule has 2 N–H and O–H groups in total. The molecule has 0 radical (unpaired) electrons. The summed E-state index contributed by atoms with van der Waals surface area (Å²) < 4.78 is 0. The van der Waals surface area contributed by atoms with Crippen molar-refractivity contribution in [2.24, 2.45) is 22.7 Å². The highest BCUT2D eigenvalue weighted by Gasteiger charge is 2.50. The van der Waals surface area contributed by atoms with Gasteiger partial charge in [-0.15, -0.1) is 0 Å². The highest BCUT2D eigenvalue weighted by Crippen LogP contribution is 2.46. The topological polar surface area (TPSA) is 86.7 Å². The maximum Gasteiger partial charge on any atom is 0.288 e. The number of hydrogen-bond acceptors (Lipinski definition) is 4. The van der Waals surface area contributed by atoms with Gasteiger partial charge in [0, 0.05) is 28.9 Å². The first-order valence-electron chi connectivity index (χ1n) is 13.3. The lowest BCUT2D eigenvalue weighted by atomic mass is 9.66. The molecular weight excluding hydrogens is 476 g/mol. The molecule has 36 heavy (non-hydrogen) atoms. The number of nitrogens with one attached hydrogen (secondary N) is 1. The number of Topliss-reactive ketones (excluding diaryl/α,β-unsaturated/α-hetero) is 1. The molecule has 1 aromatic carbocycles. The van der Waals surface area contributed by atoms with Crippen molar-refractivity contribution in [2.75, 3.05) is 13.1 Å². The third-order valence-corrected chi connectivity index (χ3v) is 8.78. The van der Waals surface area contributed by atoms with E-state index in [9.17, 15) is 19.5 Å². The van der Waals surface area contributed by atoms with E-state index in [2.05, 4.69) is 12.2 Å². The number of hydrogen-bond donors (Lipinski definition) is 2. The number of nitrogens with zero attached hydrogens (tertiary/aromatic N) is 1. The summed E-state index contributed by atoms with van der Waals surface area (Å²) in [5.74, 6) is -1.07. The van der Waals surface area contributed by atoms with Gasteiger partial charge in [-0.1, -0.05) is 84.5 Å². The summed E-state index contributed by atoms with van der Waals surface area (Å²) in [6, 6.07) is 6.39. The van der Waals surface area contributed by atoms with Gasteiger partial charge in [0.2, 0.25) is 11.7 Å². The number of ketones is 1. The van der Waals surface area contributed by atoms with E-state index in [1.807, 2.05) is 46.8 Å². The first-order chi connectivity index (χ1) is 16.7. The van der Waals surface area contributed by atoms with Gasteiger partial charge in [0.1, 0.15) is 6.04 Å². The third kappa shape index (κ3) is 5.80. The van der Waals surface area contributed by atoms with Gasteiger partial charge in [0.25, 0.3) is 5.91 Å². The highest BCUT2D eigenvalue weighted by molar-refractivity contribution is 6.38. The molecule has 1 aliphatic carbocycles. The molecular formula is C29H43ClN2O4. The van der Waals surface area contributed by atoms with Crippen LogP contribution < -0.4 is 5.32 Å². The predicted octanol–water partition coefficient (Wildman–Crippen LogP) is 5.10. The second-order valence-electron chi connectivity index (χ2n) is 12.4. The molecule has 1 heterocycles. The average Bonchev–Trinajstić information content (AvgIpc) is 2.98. The monoisotopic (exact) mass is 518 g/mol. The van der Waals surface area contributed by atoms with Crippen LogP contribution in [0.15, 0.2) is 24.3 Å². The average molecular weight is 519 g/mol. The normalized spacial score (nSPS) is 29.4. The van der Waals surface area contributed by atoms with Gasteiger partial charge in [0.15, 0.2) is 0 Å². The smallest absolute Gasteiger partial charge is 0.288 e. The quantitative estimate of drug-likeness (QED) is 0.405. The molecule has 1 aromatic rings. The first kappa shape index (κ1) is 28.6. The van der Waals surface area contributed by atoms with Gasteiger partial charge in [-0.3, -0.25) is 14.4 Å². The van der Waals surface area contributed by atoms with E-state index in [-0.39, 0.29) is 11.8 Å². The lowest BCUT2D eigenvalue weighted by molar-refractivity contribution is -0.157. The van der Waals surface area contributed by atoms with Gasteiger partial charge in [-0.2, -0.15) is 0 Å². The van der Waals surface area contributed by atoms with Crippen LogP contribution in [-0.4, -0.2) is 46.7 Å². The van der Waals surface area contributed by atoms with Crippen LogP contribution in [0.25, 0.3) is 0 Å². The number of halogens is 1. The zero-order valence-corrected chi connectivity index (χ0v) is 23.5. The Balaban J connectivity index is 1.74. The Morgan fingerprint density at radius 1 is 1.08 bits per heavy atom. The number of amides is 2. The summed E-state index contributed by atoms with van der Waals surface area (Å²) in [6.07, 6.45) is 4.85. The molecule has 0 bridgehead atoms. The Bertz CT molecular complexity index is 976. The van der Waals surface area contributed by atoms with Crippen LogP contribution in [0.5, 0.6) is 0 Å². The van der Waals surface area contributed by atoms with E-state index in [4.69, 9.17) is 11.6 Å². The van der Waals surface area contributed by atoms with E-state index in [0.29, 0.717) is 43.3 Å². The molecule has 2 fully saturated rings. The molecule has 1 aliphatic heterocycles. The lowest BCUT2D eigenvalue weighted by Crippen LogP contribution is -2.61. The van der Waals surface area contributed by atoms with Crippen molar-refractivity contribution in [1.29, 1.82) is 0 Å². The van der Waals surface area contributed by atoms with Crippen LogP contribution in [0, 0.1) is 22.7 Å². The third-order valence-electron chi connectivity index (χ3n) is 8.53. The fourth-order valence-electron chi connectivity index (χ4n) is 6.15. The second kappa shape index (κ2) is 10.8. The number of benzene rings is 1. The number of rotatable bonds is 6. The van der Waals surface area contributed by atoms with Gasteiger partial charge in [-0.05, 0) is 48.8 Å². The molecule has 3 rings (SSSR count). The lowest BCUT2D eigenvalue weighted by Gasteiger charge is -2.51. The minimum absolute atomic E-state index is 0.185. The Morgan fingerprint density at radius 3 is 2.31 bits per heavy atom. The largest absolute Gasteiger partial charge is 0.384 e. The maximum absolute atomic E-state index is 13.6. The maximum atomic E-state index is 13.6. The van der Waals surface area contributed by atoms with Crippen molar-refractivity contribution >= 4 is 29.2 Å². The SMILES string of the molecule is CC1CCCCC(C)(C(=O)C(=O)N[C@@H](C(=O)N2CC[C@](O)(c3ccc(Cl)cc3)C(C)(C)C2)C(C)C)C1. The Kier molecular flexibility index (Phi) is 8.61. The van der Waals surface area contributed by atoms with Crippen LogP contribution in [0.1, 0.15) is 85.6 Å². The van der Waals surface area contributed by atoms with Crippen LogP contribution in [-0.2, 0) is 20.0 Å². The predicted molar refractivity (Wildman–Crippen MR) is 142 cm³/mol. The van der Waals surface area contributed by atoms with Gasteiger partial charge < -0.3 is 15.3 Å². The van der Waals surface area contributed by atoms with Gasteiger partial charge in [0.05, 0.1) is 5.60 Å². The molecule has 200 valence electrons. The molecule has 2 aliphatic rings. The number of likely N-dealkylation sites (tertiary alicyclic amines) is 1. The standard InChI is InChI=1S/C29H43ClN2O4/c1-19(2)23(31-25(34)24(33)28(6)14-8-7-9-20(3)17-28)26(35)32-16-15-29(36,27(4,5)18-32)21-10-12-22(30)13-11-21/h10-13,19-20,23,36H,7-9,14-18H2,1-6H3,(H,31,34)/t20?,23-,28?,29+/m1/s1. The summed E-state index contributed by atoms with van der Waals surface area (Å²) >= 11 is 6.04. The number of carbonyl (C=O) groups is 3. The molecule has 7 heteroatoms. The van der Waals surface area contributed by atoms with E-state index in [0.717, 1.165) is 24.8 Å². The fraction of sp³-hybridized carbons (Fsp3) is 0.690. The van der Waals surface area contributed by atoms with Crippen molar-refractivity contribution in [2.45, 2.75) is 91.7 Å². The number of aliphatic hydroxyl groups is 1. The summed E-state index contributed by atoms with van der Waals surface area (Å²) in [7, 11) is 0. The molecule has 4 atom stereocenters. The number of carbonyl (C=O) groups excluding carboxylic acids is 3. The Labute approximate surface area is 221 Å².